The van der Waals surface area contributed by atoms with Crippen molar-refractivity contribution in [2.24, 2.45) is 0 Å². The Bertz CT molecular complexity index is 996. The van der Waals surface area contributed by atoms with Gasteiger partial charge in [-0.15, -0.1) is 0 Å². The van der Waals surface area contributed by atoms with Crippen LogP contribution in [0.2, 0.25) is 0 Å². The SMILES string of the molecule is O=C(c1c[nH]c2ccc(Br)cc12)N1CCc2ccc([N+](=O)[O-])cc21. The van der Waals surface area contributed by atoms with E-state index in [1.165, 1.54) is 12.1 Å². The van der Waals surface area contributed by atoms with Gasteiger partial charge in [-0.3, -0.25) is 14.9 Å². The molecule has 1 amide bonds. The minimum absolute atomic E-state index is 0.00452. The molecule has 3 aromatic rings. The summed E-state index contributed by atoms with van der Waals surface area (Å²) >= 11 is 3.42. The number of aromatic nitrogens is 1. The molecule has 24 heavy (non-hydrogen) atoms. The van der Waals surface area contributed by atoms with E-state index in [1.54, 1.807) is 17.2 Å². The summed E-state index contributed by atoms with van der Waals surface area (Å²) in [5.74, 6) is -0.154. The first-order valence-electron chi connectivity index (χ1n) is 7.40. The number of fused-ring (bicyclic) bond motifs is 2. The number of nitrogens with zero attached hydrogens (tertiary/aromatic N) is 2. The van der Waals surface area contributed by atoms with Crippen molar-refractivity contribution >= 4 is 44.1 Å². The summed E-state index contributed by atoms with van der Waals surface area (Å²) < 4.78 is 0.890. The quantitative estimate of drug-likeness (QED) is 0.533. The Kier molecular flexibility index (Phi) is 3.38. The van der Waals surface area contributed by atoms with Gasteiger partial charge in [0, 0.05) is 40.2 Å². The fourth-order valence-corrected chi connectivity index (χ4v) is 3.47. The number of anilines is 1. The van der Waals surface area contributed by atoms with Crippen LogP contribution in [-0.4, -0.2) is 22.4 Å². The van der Waals surface area contributed by atoms with Crippen LogP contribution >= 0.6 is 15.9 Å². The maximum atomic E-state index is 13.0. The highest BCUT2D eigenvalue weighted by atomic mass is 79.9. The van der Waals surface area contributed by atoms with Crippen molar-refractivity contribution < 1.29 is 9.72 Å². The molecule has 1 aromatic heterocycles. The molecule has 0 aliphatic carbocycles. The highest BCUT2D eigenvalue weighted by Gasteiger charge is 2.28. The van der Waals surface area contributed by atoms with E-state index in [-0.39, 0.29) is 11.6 Å². The van der Waals surface area contributed by atoms with Crippen LogP contribution < -0.4 is 4.90 Å². The average Bonchev–Trinajstić information content (AvgIpc) is 3.17. The number of aromatic amines is 1. The lowest BCUT2D eigenvalue weighted by Gasteiger charge is -2.16. The number of nitro groups is 1. The summed E-state index contributed by atoms with van der Waals surface area (Å²) in [6, 6.07) is 10.4. The van der Waals surface area contributed by atoms with Gasteiger partial charge in [-0.1, -0.05) is 22.0 Å². The number of H-pyrrole nitrogens is 1. The number of rotatable bonds is 2. The van der Waals surface area contributed by atoms with Crippen molar-refractivity contribution in [3.05, 3.63) is 68.3 Å². The number of amides is 1. The zero-order chi connectivity index (χ0) is 16.8. The highest BCUT2D eigenvalue weighted by Crippen LogP contribution is 2.34. The van der Waals surface area contributed by atoms with Gasteiger partial charge in [0.1, 0.15) is 0 Å². The van der Waals surface area contributed by atoms with E-state index in [4.69, 9.17) is 0 Å². The van der Waals surface area contributed by atoms with E-state index in [0.717, 1.165) is 20.9 Å². The van der Waals surface area contributed by atoms with Crippen LogP contribution in [-0.2, 0) is 6.42 Å². The Hall–Kier alpha value is -2.67. The number of hydrogen-bond donors (Lipinski definition) is 1. The first kappa shape index (κ1) is 14.9. The molecule has 0 radical (unpaired) electrons. The fraction of sp³-hybridized carbons (Fsp3) is 0.118. The zero-order valence-corrected chi connectivity index (χ0v) is 14.0. The normalized spacial score (nSPS) is 13.3. The topological polar surface area (TPSA) is 79.2 Å². The van der Waals surface area contributed by atoms with Gasteiger partial charge in [-0.25, -0.2) is 0 Å². The van der Waals surface area contributed by atoms with E-state index < -0.39 is 4.92 Å². The van der Waals surface area contributed by atoms with E-state index in [0.29, 0.717) is 24.2 Å². The largest absolute Gasteiger partial charge is 0.360 e. The smallest absolute Gasteiger partial charge is 0.271 e. The molecular formula is C17H12BrN3O3. The molecular weight excluding hydrogens is 374 g/mol. The monoisotopic (exact) mass is 385 g/mol. The standard InChI is InChI=1S/C17H12BrN3O3/c18-11-2-4-15-13(7-11)14(9-19-15)17(22)20-6-5-10-1-3-12(21(23)24)8-16(10)20/h1-4,7-9,19H,5-6H2. The molecule has 0 atom stereocenters. The predicted octanol–water partition coefficient (Wildman–Crippen LogP) is 4.04. The minimum atomic E-state index is -0.440. The Balaban J connectivity index is 1.78. The highest BCUT2D eigenvalue weighted by molar-refractivity contribution is 9.10. The van der Waals surface area contributed by atoms with Crippen LogP contribution in [0.25, 0.3) is 10.9 Å². The van der Waals surface area contributed by atoms with Crippen LogP contribution in [0.5, 0.6) is 0 Å². The lowest BCUT2D eigenvalue weighted by atomic mass is 10.1. The van der Waals surface area contributed by atoms with Gasteiger partial charge in [0.15, 0.2) is 0 Å². The van der Waals surface area contributed by atoms with E-state index in [9.17, 15) is 14.9 Å². The second-order valence-electron chi connectivity index (χ2n) is 5.67. The summed E-state index contributed by atoms with van der Waals surface area (Å²) in [7, 11) is 0. The third-order valence-corrected chi connectivity index (χ3v) is 4.79. The zero-order valence-electron chi connectivity index (χ0n) is 12.5. The Morgan fingerprint density at radius 2 is 2.08 bits per heavy atom. The van der Waals surface area contributed by atoms with Crippen LogP contribution in [0, 0.1) is 10.1 Å². The molecule has 2 aromatic carbocycles. The number of non-ortho nitro benzene ring substituents is 1. The molecule has 7 heteroatoms. The molecule has 1 N–H and O–H groups in total. The second kappa shape index (κ2) is 5.45. The molecule has 0 bridgehead atoms. The van der Waals surface area contributed by atoms with Crippen LogP contribution in [0.1, 0.15) is 15.9 Å². The van der Waals surface area contributed by atoms with E-state index >= 15 is 0 Å². The van der Waals surface area contributed by atoms with Crippen LogP contribution in [0.3, 0.4) is 0 Å². The predicted molar refractivity (Wildman–Crippen MR) is 94.5 cm³/mol. The molecule has 4 rings (SSSR count). The van der Waals surface area contributed by atoms with Crippen LogP contribution in [0.15, 0.2) is 47.1 Å². The van der Waals surface area contributed by atoms with Gasteiger partial charge in [0.25, 0.3) is 11.6 Å². The number of nitrogens with one attached hydrogen (secondary N) is 1. The molecule has 1 aliphatic rings. The second-order valence-corrected chi connectivity index (χ2v) is 6.58. The number of carbonyl (C=O) groups is 1. The molecule has 6 nitrogen and oxygen atoms in total. The van der Waals surface area contributed by atoms with Crippen molar-refractivity contribution in [2.75, 3.05) is 11.4 Å². The molecule has 2 heterocycles. The third-order valence-electron chi connectivity index (χ3n) is 4.29. The third kappa shape index (κ3) is 2.28. The number of hydrogen-bond acceptors (Lipinski definition) is 3. The Labute approximate surface area is 145 Å². The van der Waals surface area contributed by atoms with E-state index in [1.807, 2.05) is 18.2 Å². The van der Waals surface area contributed by atoms with Gasteiger partial charge < -0.3 is 9.88 Å². The maximum Gasteiger partial charge on any atom is 0.271 e. The van der Waals surface area contributed by atoms with Gasteiger partial charge in [-0.05, 0) is 30.2 Å². The summed E-state index contributed by atoms with van der Waals surface area (Å²) in [5, 5.41) is 11.8. The number of benzene rings is 2. The molecule has 0 unspecified atom stereocenters. The first-order chi connectivity index (χ1) is 11.5. The van der Waals surface area contributed by atoms with Crippen molar-refractivity contribution in [1.29, 1.82) is 0 Å². The lowest BCUT2D eigenvalue weighted by Crippen LogP contribution is -2.28. The maximum absolute atomic E-state index is 13.0. The fourth-order valence-electron chi connectivity index (χ4n) is 3.11. The summed E-state index contributed by atoms with van der Waals surface area (Å²) in [6.07, 6.45) is 2.39. The molecule has 0 fully saturated rings. The summed E-state index contributed by atoms with van der Waals surface area (Å²) in [5.41, 5.74) is 3.01. The summed E-state index contributed by atoms with van der Waals surface area (Å²) in [4.78, 5) is 28.3. The van der Waals surface area contributed by atoms with Gasteiger partial charge in [-0.2, -0.15) is 0 Å². The van der Waals surface area contributed by atoms with Crippen molar-refractivity contribution in [2.45, 2.75) is 6.42 Å². The first-order valence-corrected chi connectivity index (χ1v) is 8.20. The van der Waals surface area contributed by atoms with Gasteiger partial charge in [0.2, 0.25) is 0 Å². The molecule has 0 spiro atoms. The number of nitro benzene ring substituents is 1. The van der Waals surface area contributed by atoms with Crippen molar-refractivity contribution in [3.63, 3.8) is 0 Å². The number of carbonyl (C=O) groups excluding carboxylic acids is 1. The summed E-state index contributed by atoms with van der Waals surface area (Å²) in [6.45, 7) is 0.524. The Morgan fingerprint density at radius 1 is 1.25 bits per heavy atom. The Morgan fingerprint density at radius 3 is 2.88 bits per heavy atom. The number of halogens is 1. The molecule has 0 saturated heterocycles. The lowest BCUT2D eigenvalue weighted by molar-refractivity contribution is -0.384. The van der Waals surface area contributed by atoms with E-state index in [2.05, 4.69) is 20.9 Å². The minimum Gasteiger partial charge on any atom is -0.360 e. The van der Waals surface area contributed by atoms with Gasteiger partial charge >= 0.3 is 0 Å². The van der Waals surface area contributed by atoms with Crippen LogP contribution in [0.4, 0.5) is 11.4 Å². The van der Waals surface area contributed by atoms with Crippen molar-refractivity contribution in [3.8, 4) is 0 Å². The average molecular weight is 386 g/mol. The molecule has 0 saturated carbocycles. The van der Waals surface area contributed by atoms with Gasteiger partial charge in [0.05, 0.1) is 16.2 Å². The van der Waals surface area contributed by atoms with Crippen molar-refractivity contribution in [1.82, 2.24) is 4.98 Å². The molecule has 1 aliphatic heterocycles. The molecule has 120 valence electrons.